The molecule has 2 aromatic rings. The van der Waals surface area contributed by atoms with Gasteiger partial charge in [-0.1, -0.05) is 18.2 Å². The number of nitrogens with one attached hydrogen (secondary N) is 1. The van der Waals surface area contributed by atoms with Crippen LogP contribution >= 0.6 is 0 Å². The highest BCUT2D eigenvalue weighted by molar-refractivity contribution is 5.67. The first kappa shape index (κ1) is 19.5. The lowest BCUT2D eigenvalue weighted by atomic mass is 10.1. The molecular formula is C19H22FNO5. The fourth-order valence-electron chi connectivity index (χ4n) is 2.14. The Morgan fingerprint density at radius 1 is 1.19 bits per heavy atom. The first-order chi connectivity index (χ1) is 12.2. The molecule has 0 spiro atoms. The Morgan fingerprint density at radius 2 is 1.88 bits per heavy atom. The molecule has 0 heterocycles. The van der Waals surface area contributed by atoms with Gasteiger partial charge in [-0.15, -0.1) is 0 Å². The summed E-state index contributed by atoms with van der Waals surface area (Å²) in [6, 6.07) is 9.84. The SMILES string of the molecule is CC(C)(C)OC(=O)NCC(O)c1ccccc1Oc1cc(F)ccc1O. The molecule has 2 rings (SSSR count). The fraction of sp³-hybridized carbons (Fsp3) is 0.316. The highest BCUT2D eigenvalue weighted by atomic mass is 19.1. The Kier molecular flexibility index (Phi) is 6.05. The minimum atomic E-state index is -1.09. The van der Waals surface area contributed by atoms with Crippen molar-refractivity contribution in [1.82, 2.24) is 5.32 Å². The maximum Gasteiger partial charge on any atom is 0.407 e. The van der Waals surface area contributed by atoms with E-state index >= 15 is 0 Å². The van der Waals surface area contributed by atoms with E-state index in [0.717, 1.165) is 12.1 Å². The van der Waals surface area contributed by atoms with Gasteiger partial charge < -0.3 is 25.0 Å². The van der Waals surface area contributed by atoms with Crippen LogP contribution in [0, 0.1) is 5.82 Å². The van der Waals surface area contributed by atoms with E-state index in [1.165, 1.54) is 6.07 Å². The van der Waals surface area contributed by atoms with Crippen molar-refractivity contribution in [3.8, 4) is 17.2 Å². The first-order valence-corrected chi connectivity index (χ1v) is 8.06. The average molecular weight is 363 g/mol. The quantitative estimate of drug-likeness (QED) is 0.750. The van der Waals surface area contributed by atoms with E-state index in [4.69, 9.17) is 9.47 Å². The molecule has 0 bridgehead atoms. The van der Waals surface area contributed by atoms with Gasteiger partial charge >= 0.3 is 6.09 Å². The summed E-state index contributed by atoms with van der Waals surface area (Å²) < 4.78 is 24.0. The lowest BCUT2D eigenvalue weighted by molar-refractivity contribution is 0.0491. The van der Waals surface area contributed by atoms with Gasteiger partial charge in [-0.25, -0.2) is 9.18 Å². The number of phenolic OH excluding ortho intramolecular Hbond substituents is 1. The Balaban J connectivity index is 2.10. The molecule has 0 aliphatic rings. The standard InChI is InChI=1S/C19H22FNO5/c1-19(2,3)26-18(24)21-11-15(23)13-6-4-5-7-16(13)25-17-10-12(20)8-9-14(17)22/h4-10,15,22-23H,11H2,1-3H3,(H,21,24). The Morgan fingerprint density at radius 3 is 2.58 bits per heavy atom. The molecule has 0 saturated heterocycles. The van der Waals surface area contributed by atoms with Gasteiger partial charge in [0.2, 0.25) is 0 Å². The number of hydrogen-bond acceptors (Lipinski definition) is 5. The summed E-state index contributed by atoms with van der Waals surface area (Å²) in [6.45, 7) is 5.09. The monoisotopic (exact) mass is 363 g/mol. The van der Waals surface area contributed by atoms with Crippen molar-refractivity contribution in [1.29, 1.82) is 0 Å². The van der Waals surface area contributed by atoms with Crippen LogP contribution in [0.15, 0.2) is 42.5 Å². The molecule has 6 nitrogen and oxygen atoms in total. The van der Waals surface area contributed by atoms with Crippen LogP contribution in [0.25, 0.3) is 0 Å². The third-order valence-electron chi connectivity index (χ3n) is 3.26. The maximum atomic E-state index is 13.4. The number of rotatable bonds is 5. The molecular weight excluding hydrogens is 341 g/mol. The minimum absolute atomic E-state index is 0.0789. The summed E-state index contributed by atoms with van der Waals surface area (Å²) in [5, 5.41) is 22.6. The number of phenols is 1. The summed E-state index contributed by atoms with van der Waals surface area (Å²) >= 11 is 0. The molecule has 0 aliphatic heterocycles. The smallest absolute Gasteiger partial charge is 0.407 e. The van der Waals surface area contributed by atoms with Gasteiger partial charge in [0.15, 0.2) is 11.5 Å². The van der Waals surface area contributed by atoms with Gasteiger partial charge in [-0.05, 0) is 39.0 Å². The van der Waals surface area contributed by atoms with E-state index in [9.17, 15) is 19.4 Å². The number of ether oxygens (including phenoxy) is 2. The number of aliphatic hydroxyl groups excluding tert-OH is 1. The molecule has 140 valence electrons. The molecule has 1 amide bonds. The summed E-state index contributed by atoms with van der Waals surface area (Å²) in [6.07, 6.45) is -1.74. The van der Waals surface area contributed by atoms with Gasteiger partial charge in [0.25, 0.3) is 0 Å². The fourth-order valence-corrected chi connectivity index (χ4v) is 2.14. The molecule has 1 unspecified atom stereocenters. The molecule has 0 aromatic heterocycles. The first-order valence-electron chi connectivity index (χ1n) is 8.06. The Bertz CT molecular complexity index is 773. The molecule has 26 heavy (non-hydrogen) atoms. The summed E-state index contributed by atoms with van der Waals surface area (Å²) in [5.41, 5.74) is -0.280. The number of amides is 1. The van der Waals surface area contributed by atoms with Crippen molar-refractivity contribution < 1.29 is 28.9 Å². The number of para-hydroxylation sites is 1. The number of aromatic hydroxyl groups is 1. The highest BCUT2D eigenvalue weighted by Gasteiger charge is 2.19. The molecule has 1 atom stereocenters. The Hall–Kier alpha value is -2.80. The number of hydrogen-bond donors (Lipinski definition) is 3. The van der Waals surface area contributed by atoms with E-state index < -0.39 is 23.6 Å². The maximum absolute atomic E-state index is 13.4. The van der Waals surface area contributed by atoms with Crippen molar-refractivity contribution >= 4 is 6.09 Å². The van der Waals surface area contributed by atoms with Crippen LogP contribution in [0.3, 0.4) is 0 Å². The normalized spacial score (nSPS) is 12.3. The van der Waals surface area contributed by atoms with Crippen molar-refractivity contribution in [2.24, 2.45) is 0 Å². The molecule has 0 fully saturated rings. The van der Waals surface area contributed by atoms with Crippen molar-refractivity contribution in [3.63, 3.8) is 0 Å². The topological polar surface area (TPSA) is 88.0 Å². The van der Waals surface area contributed by atoms with Crippen LogP contribution in [0.5, 0.6) is 17.2 Å². The minimum Gasteiger partial charge on any atom is -0.504 e. The lowest BCUT2D eigenvalue weighted by Crippen LogP contribution is -2.34. The third kappa shape index (κ3) is 5.63. The number of carbonyl (C=O) groups excluding carboxylic acids is 1. The molecule has 0 radical (unpaired) electrons. The van der Waals surface area contributed by atoms with Crippen LogP contribution in [-0.4, -0.2) is 28.5 Å². The van der Waals surface area contributed by atoms with Gasteiger partial charge in [-0.2, -0.15) is 0 Å². The number of halogens is 1. The average Bonchev–Trinajstić information content (AvgIpc) is 2.55. The summed E-state index contributed by atoms with van der Waals surface area (Å²) in [5.74, 6) is -0.651. The Labute approximate surface area is 151 Å². The van der Waals surface area contributed by atoms with E-state index in [2.05, 4.69) is 5.32 Å². The highest BCUT2D eigenvalue weighted by Crippen LogP contribution is 2.34. The summed E-state index contributed by atoms with van der Waals surface area (Å²) in [7, 11) is 0. The number of aliphatic hydroxyl groups is 1. The predicted molar refractivity (Wildman–Crippen MR) is 93.8 cm³/mol. The zero-order valence-electron chi connectivity index (χ0n) is 14.8. The second kappa shape index (κ2) is 8.05. The van der Waals surface area contributed by atoms with Crippen LogP contribution in [0.1, 0.15) is 32.4 Å². The van der Waals surface area contributed by atoms with Crippen molar-refractivity contribution in [2.75, 3.05) is 6.54 Å². The summed E-state index contributed by atoms with van der Waals surface area (Å²) in [4.78, 5) is 11.7. The van der Waals surface area contributed by atoms with E-state index in [1.807, 2.05) is 0 Å². The van der Waals surface area contributed by atoms with E-state index in [0.29, 0.717) is 5.56 Å². The number of benzene rings is 2. The molecule has 2 aromatic carbocycles. The van der Waals surface area contributed by atoms with Crippen LogP contribution in [0.4, 0.5) is 9.18 Å². The van der Waals surface area contributed by atoms with Crippen molar-refractivity contribution in [3.05, 3.63) is 53.8 Å². The van der Waals surface area contributed by atoms with Gasteiger partial charge in [0.05, 0.1) is 6.54 Å². The third-order valence-corrected chi connectivity index (χ3v) is 3.26. The van der Waals surface area contributed by atoms with Crippen molar-refractivity contribution in [2.45, 2.75) is 32.5 Å². The largest absolute Gasteiger partial charge is 0.504 e. The zero-order valence-corrected chi connectivity index (χ0v) is 14.8. The second-order valence-corrected chi connectivity index (χ2v) is 6.65. The predicted octanol–water partition coefficient (Wildman–Crippen LogP) is 3.88. The van der Waals surface area contributed by atoms with Crippen LogP contribution in [0.2, 0.25) is 0 Å². The van der Waals surface area contributed by atoms with Crippen LogP contribution < -0.4 is 10.1 Å². The van der Waals surface area contributed by atoms with E-state index in [1.54, 1.807) is 45.0 Å². The molecule has 7 heteroatoms. The number of carbonyl (C=O) groups is 1. The second-order valence-electron chi connectivity index (χ2n) is 6.65. The van der Waals surface area contributed by atoms with Gasteiger partial charge in [-0.3, -0.25) is 0 Å². The lowest BCUT2D eigenvalue weighted by Gasteiger charge is -2.21. The zero-order chi connectivity index (χ0) is 19.3. The van der Waals surface area contributed by atoms with Crippen LogP contribution in [-0.2, 0) is 4.74 Å². The number of alkyl carbamates (subject to hydrolysis) is 1. The van der Waals surface area contributed by atoms with Gasteiger partial charge in [0.1, 0.15) is 23.3 Å². The van der Waals surface area contributed by atoms with Gasteiger partial charge in [0, 0.05) is 11.6 Å². The van der Waals surface area contributed by atoms with E-state index in [-0.39, 0.29) is 23.8 Å². The molecule has 0 saturated carbocycles. The molecule has 3 N–H and O–H groups in total. The molecule has 0 aliphatic carbocycles.